The molecule has 1 amide bonds. The summed E-state index contributed by atoms with van der Waals surface area (Å²) in [6, 6.07) is 1.59. The first-order valence-corrected chi connectivity index (χ1v) is 5.34. The predicted octanol–water partition coefficient (Wildman–Crippen LogP) is -0.289. The third-order valence-electron chi connectivity index (χ3n) is 2.12. The standard InChI is InChI=1S/C11H17N3O3/c1-8-10(6-9(12)7-14-8)11(16)13-2-4-17-5-3-15/h6-7,15H,2-5,12H2,1H3,(H,13,16). The fourth-order valence-corrected chi connectivity index (χ4v) is 1.28. The van der Waals surface area contributed by atoms with E-state index in [4.69, 9.17) is 15.6 Å². The number of carbonyl (C=O) groups is 1. The summed E-state index contributed by atoms with van der Waals surface area (Å²) < 4.78 is 5.02. The molecular formula is C11H17N3O3. The highest BCUT2D eigenvalue weighted by Crippen LogP contribution is 2.08. The second-order valence-corrected chi connectivity index (χ2v) is 3.49. The molecule has 0 saturated carbocycles. The van der Waals surface area contributed by atoms with Gasteiger partial charge in [-0.2, -0.15) is 0 Å². The highest BCUT2D eigenvalue weighted by Gasteiger charge is 2.09. The molecule has 6 nitrogen and oxygen atoms in total. The topological polar surface area (TPSA) is 97.5 Å². The lowest BCUT2D eigenvalue weighted by Gasteiger charge is -2.08. The van der Waals surface area contributed by atoms with E-state index in [1.807, 2.05) is 0 Å². The average molecular weight is 239 g/mol. The van der Waals surface area contributed by atoms with E-state index in [0.29, 0.717) is 30.1 Å². The summed E-state index contributed by atoms with van der Waals surface area (Å²) in [5, 5.41) is 11.2. The molecule has 0 aliphatic rings. The molecule has 1 rings (SSSR count). The lowest BCUT2D eigenvalue weighted by Crippen LogP contribution is -2.28. The molecule has 0 unspecified atom stereocenters. The molecule has 4 N–H and O–H groups in total. The minimum absolute atomic E-state index is 0.0216. The number of amides is 1. The average Bonchev–Trinajstić information content (AvgIpc) is 2.32. The number of ether oxygens (including phenoxy) is 1. The second kappa shape index (κ2) is 6.82. The van der Waals surface area contributed by atoms with Gasteiger partial charge >= 0.3 is 0 Å². The van der Waals surface area contributed by atoms with Crippen LogP contribution in [0.15, 0.2) is 12.3 Å². The zero-order chi connectivity index (χ0) is 12.7. The summed E-state index contributed by atoms with van der Waals surface area (Å²) in [5.74, 6) is -0.227. The van der Waals surface area contributed by atoms with Crippen molar-refractivity contribution in [1.29, 1.82) is 0 Å². The SMILES string of the molecule is Cc1ncc(N)cc1C(=O)NCCOCCO. The molecule has 6 heteroatoms. The van der Waals surface area contributed by atoms with Crippen LogP contribution in [0.1, 0.15) is 16.1 Å². The largest absolute Gasteiger partial charge is 0.397 e. The van der Waals surface area contributed by atoms with Crippen LogP contribution in [0.5, 0.6) is 0 Å². The van der Waals surface area contributed by atoms with Gasteiger partial charge in [-0.25, -0.2) is 0 Å². The molecule has 0 atom stereocenters. The van der Waals surface area contributed by atoms with E-state index in [1.54, 1.807) is 13.0 Å². The van der Waals surface area contributed by atoms with E-state index in [0.717, 1.165) is 0 Å². The summed E-state index contributed by atoms with van der Waals surface area (Å²) >= 11 is 0. The van der Waals surface area contributed by atoms with Crippen molar-refractivity contribution in [3.05, 3.63) is 23.5 Å². The first kappa shape index (κ1) is 13.4. The number of aromatic nitrogens is 1. The van der Waals surface area contributed by atoms with Crippen LogP contribution in [0.2, 0.25) is 0 Å². The van der Waals surface area contributed by atoms with Crippen molar-refractivity contribution in [2.24, 2.45) is 0 Å². The fourth-order valence-electron chi connectivity index (χ4n) is 1.28. The molecular weight excluding hydrogens is 222 g/mol. The van der Waals surface area contributed by atoms with Crippen LogP contribution in [-0.2, 0) is 4.74 Å². The van der Waals surface area contributed by atoms with Gasteiger partial charge in [-0.05, 0) is 13.0 Å². The maximum Gasteiger partial charge on any atom is 0.253 e. The maximum atomic E-state index is 11.7. The number of nitrogens with zero attached hydrogens (tertiary/aromatic N) is 1. The molecule has 0 aliphatic heterocycles. The number of nitrogens with two attached hydrogens (primary N) is 1. The summed E-state index contributed by atoms with van der Waals surface area (Å²) in [4.78, 5) is 15.7. The minimum Gasteiger partial charge on any atom is -0.397 e. The lowest BCUT2D eigenvalue weighted by atomic mass is 10.2. The summed E-state index contributed by atoms with van der Waals surface area (Å²) in [7, 11) is 0. The number of hydrogen-bond acceptors (Lipinski definition) is 5. The number of pyridine rings is 1. The number of hydrogen-bond donors (Lipinski definition) is 3. The van der Waals surface area contributed by atoms with Crippen LogP contribution in [0, 0.1) is 6.92 Å². The maximum absolute atomic E-state index is 11.7. The van der Waals surface area contributed by atoms with Gasteiger partial charge in [-0.15, -0.1) is 0 Å². The lowest BCUT2D eigenvalue weighted by molar-refractivity contribution is 0.0837. The van der Waals surface area contributed by atoms with Crippen molar-refractivity contribution in [2.45, 2.75) is 6.92 Å². The van der Waals surface area contributed by atoms with Gasteiger partial charge < -0.3 is 20.9 Å². The van der Waals surface area contributed by atoms with Crippen LogP contribution >= 0.6 is 0 Å². The highest BCUT2D eigenvalue weighted by atomic mass is 16.5. The molecule has 0 aromatic carbocycles. The number of carbonyl (C=O) groups excluding carboxylic acids is 1. The summed E-state index contributed by atoms with van der Waals surface area (Å²) in [6.45, 7) is 2.74. The van der Waals surface area contributed by atoms with Gasteiger partial charge in [0.1, 0.15) is 0 Å². The Kier molecular flexibility index (Phi) is 5.38. The smallest absolute Gasteiger partial charge is 0.253 e. The Morgan fingerprint density at radius 3 is 3.06 bits per heavy atom. The molecule has 0 saturated heterocycles. The molecule has 1 aromatic rings. The zero-order valence-electron chi connectivity index (χ0n) is 9.77. The number of nitrogen functional groups attached to an aromatic ring is 1. The number of anilines is 1. The van der Waals surface area contributed by atoms with E-state index in [1.165, 1.54) is 6.20 Å². The summed E-state index contributed by atoms with van der Waals surface area (Å²) in [5.41, 5.74) is 7.12. The number of aliphatic hydroxyl groups excluding tert-OH is 1. The molecule has 0 bridgehead atoms. The first-order chi connectivity index (χ1) is 8.15. The van der Waals surface area contributed by atoms with Gasteiger partial charge in [-0.3, -0.25) is 9.78 Å². The van der Waals surface area contributed by atoms with Crippen molar-refractivity contribution < 1.29 is 14.6 Å². The van der Waals surface area contributed by atoms with Crippen LogP contribution in [0.25, 0.3) is 0 Å². The van der Waals surface area contributed by atoms with Crippen molar-refractivity contribution in [3.63, 3.8) is 0 Å². The van der Waals surface area contributed by atoms with Gasteiger partial charge in [0.05, 0.1) is 43.0 Å². The Balaban J connectivity index is 2.44. The fraction of sp³-hybridized carbons (Fsp3) is 0.455. The molecule has 0 spiro atoms. The molecule has 0 fully saturated rings. The predicted molar refractivity (Wildman–Crippen MR) is 63.6 cm³/mol. The van der Waals surface area contributed by atoms with E-state index in [9.17, 15) is 4.79 Å². The van der Waals surface area contributed by atoms with Gasteiger partial charge in [0.15, 0.2) is 0 Å². The monoisotopic (exact) mass is 239 g/mol. The van der Waals surface area contributed by atoms with Gasteiger partial charge in [0.25, 0.3) is 5.91 Å². The van der Waals surface area contributed by atoms with E-state index in [2.05, 4.69) is 10.3 Å². The number of aryl methyl sites for hydroxylation is 1. The Morgan fingerprint density at radius 2 is 2.35 bits per heavy atom. The van der Waals surface area contributed by atoms with Crippen molar-refractivity contribution in [3.8, 4) is 0 Å². The van der Waals surface area contributed by atoms with Crippen LogP contribution in [0.3, 0.4) is 0 Å². The molecule has 0 aliphatic carbocycles. The van der Waals surface area contributed by atoms with Crippen molar-refractivity contribution in [1.82, 2.24) is 10.3 Å². The van der Waals surface area contributed by atoms with Crippen molar-refractivity contribution >= 4 is 11.6 Å². The minimum atomic E-state index is -0.227. The van der Waals surface area contributed by atoms with Gasteiger partial charge in [0.2, 0.25) is 0 Å². The highest BCUT2D eigenvalue weighted by molar-refractivity contribution is 5.95. The molecule has 17 heavy (non-hydrogen) atoms. The Hall–Kier alpha value is -1.66. The molecule has 1 heterocycles. The Labute approximate surface area is 99.8 Å². The second-order valence-electron chi connectivity index (χ2n) is 3.49. The third kappa shape index (κ3) is 4.38. The molecule has 1 aromatic heterocycles. The van der Waals surface area contributed by atoms with Gasteiger partial charge in [-0.1, -0.05) is 0 Å². The van der Waals surface area contributed by atoms with Crippen molar-refractivity contribution in [2.75, 3.05) is 32.1 Å². The normalized spacial score (nSPS) is 10.2. The van der Waals surface area contributed by atoms with Gasteiger partial charge in [0, 0.05) is 6.54 Å². The van der Waals surface area contributed by atoms with E-state index in [-0.39, 0.29) is 19.1 Å². The number of nitrogens with one attached hydrogen (secondary N) is 1. The Bertz CT molecular complexity index is 382. The van der Waals surface area contributed by atoms with Crippen LogP contribution in [0.4, 0.5) is 5.69 Å². The summed E-state index contributed by atoms with van der Waals surface area (Å²) in [6.07, 6.45) is 1.51. The third-order valence-corrected chi connectivity index (χ3v) is 2.12. The quantitative estimate of drug-likeness (QED) is 0.593. The van der Waals surface area contributed by atoms with E-state index >= 15 is 0 Å². The Morgan fingerprint density at radius 1 is 1.59 bits per heavy atom. The molecule has 94 valence electrons. The van der Waals surface area contributed by atoms with Crippen LogP contribution in [-0.4, -0.2) is 42.4 Å². The first-order valence-electron chi connectivity index (χ1n) is 5.34. The van der Waals surface area contributed by atoms with Crippen LogP contribution < -0.4 is 11.1 Å². The number of aliphatic hydroxyl groups is 1. The van der Waals surface area contributed by atoms with E-state index < -0.39 is 0 Å². The number of rotatable bonds is 6. The zero-order valence-corrected chi connectivity index (χ0v) is 9.77. The molecule has 0 radical (unpaired) electrons.